The highest BCUT2D eigenvalue weighted by Gasteiger charge is 2.40. The zero-order valence-corrected chi connectivity index (χ0v) is 13.3. The van der Waals surface area contributed by atoms with Crippen LogP contribution in [0, 0.1) is 0 Å². The summed E-state index contributed by atoms with van der Waals surface area (Å²) in [5.74, 6) is -0.0431. The predicted octanol–water partition coefficient (Wildman–Crippen LogP) is 3.24. The molecule has 0 spiro atoms. The van der Waals surface area contributed by atoms with Gasteiger partial charge in [0.05, 0.1) is 5.56 Å². The van der Waals surface area contributed by atoms with Gasteiger partial charge in [0.15, 0.2) is 0 Å². The number of hydrogen-bond acceptors (Lipinski definition) is 2. The molecule has 23 heavy (non-hydrogen) atoms. The Labute approximate surface area is 134 Å². The molecule has 0 saturated heterocycles. The number of benzene rings is 1. The van der Waals surface area contributed by atoms with Crippen LogP contribution in [-0.2, 0) is 16.4 Å². The minimum atomic E-state index is -4.34. The number of carbonyl (C=O) groups excluding carboxylic acids is 1. The van der Waals surface area contributed by atoms with E-state index in [1.54, 1.807) is 6.07 Å². The van der Waals surface area contributed by atoms with E-state index in [-0.39, 0.29) is 11.3 Å². The topological polar surface area (TPSA) is 41.1 Å². The van der Waals surface area contributed by atoms with E-state index in [4.69, 9.17) is 0 Å². The molecule has 128 valence electrons. The molecular weight excluding hydrogens is 305 g/mol. The molecule has 0 radical (unpaired) electrons. The fourth-order valence-corrected chi connectivity index (χ4v) is 2.98. The number of halogens is 3. The maximum Gasteiger partial charge on any atom is 0.416 e. The molecular formula is C17H23F3N2O. The molecule has 3 nitrogen and oxygen atoms in total. The normalized spacial score (nSPS) is 16.7. The van der Waals surface area contributed by atoms with Crippen molar-refractivity contribution in [3.05, 3.63) is 35.4 Å². The third-order valence-corrected chi connectivity index (χ3v) is 4.57. The van der Waals surface area contributed by atoms with Crippen LogP contribution in [0.5, 0.6) is 0 Å². The number of hydrogen-bond donors (Lipinski definition) is 2. The van der Waals surface area contributed by atoms with Gasteiger partial charge in [-0.05, 0) is 44.5 Å². The first kappa shape index (κ1) is 17.8. The molecule has 1 fully saturated rings. The summed E-state index contributed by atoms with van der Waals surface area (Å²) in [7, 11) is 1.83. The third-order valence-electron chi connectivity index (χ3n) is 4.57. The second-order valence-electron chi connectivity index (χ2n) is 6.20. The maximum absolute atomic E-state index is 12.9. The molecule has 6 heteroatoms. The van der Waals surface area contributed by atoms with Gasteiger partial charge < -0.3 is 10.6 Å². The minimum Gasteiger partial charge on any atom is -0.355 e. The molecule has 0 aliphatic heterocycles. The van der Waals surface area contributed by atoms with Gasteiger partial charge in [0, 0.05) is 18.4 Å². The van der Waals surface area contributed by atoms with E-state index in [9.17, 15) is 18.0 Å². The first-order valence-corrected chi connectivity index (χ1v) is 7.96. The Morgan fingerprint density at radius 1 is 1.30 bits per heavy atom. The summed E-state index contributed by atoms with van der Waals surface area (Å²) in [6, 6.07) is 5.51. The summed E-state index contributed by atoms with van der Waals surface area (Å²) in [6.07, 6.45) is -0.558. The molecule has 0 unspecified atom stereocenters. The molecule has 1 aliphatic carbocycles. The fraction of sp³-hybridized carbons (Fsp3) is 0.588. The van der Waals surface area contributed by atoms with Crippen LogP contribution in [0.2, 0.25) is 0 Å². The number of nitrogens with one attached hydrogen (secondary N) is 2. The van der Waals surface area contributed by atoms with Crippen LogP contribution >= 0.6 is 0 Å². The molecule has 2 N–H and O–H groups in total. The molecule has 0 bridgehead atoms. The van der Waals surface area contributed by atoms with E-state index in [1.165, 1.54) is 12.1 Å². The van der Waals surface area contributed by atoms with E-state index < -0.39 is 11.7 Å². The van der Waals surface area contributed by atoms with Crippen molar-refractivity contribution in [1.82, 2.24) is 10.6 Å². The highest BCUT2D eigenvalue weighted by atomic mass is 19.4. The van der Waals surface area contributed by atoms with Crippen LogP contribution in [0.4, 0.5) is 13.2 Å². The van der Waals surface area contributed by atoms with Gasteiger partial charge in [-0.1, -0.05) is 24.6 Å². The molecule has 1 saturated carbocycles. The van der Waals surface area contributed by atoms with Crippen molar-refractivity contribution < 1.29 is 18.0 Å². The zero-order valence-electron chi connectivity index (χ0n) is 13.3. The van der Waals surface area contributed by atoms with Crippen LogP contribution in [0.3, 0.4) is 0 Å². The average molecular weight is 328 g/mol. The van der Waals surface area contributed by atoms with Gasteiger partial charge in [-0.25, -0.2) is 0 Å². The number of alkyl halides is 3. The lowest BCUT2D eigenvalue weighted by Crippen LogP contribution is -2.45. The Hall–Kier alpha value is -1.56. The van der Waals surface area contributed by atoms with Crippen molar-refractivity contribution in [3.8, 4) is 0 Å². The Morgan fingerprint density at radius 3 is 2.61 bits per heavy atom. The van der Waals surface area contributed by atoms with Crippen molar-refractivity contribution >= 4 is 5.91 Å². The summed E-state index contributed by atoms with van der Waals surface area (Å²) >= 11 is 0. The highest BCUT2D eigenvalue weighted by Crippen LogP contribution is 2.44. The molecule has 1 amide bonds. The van der Waals surface area contributed by atoms with E-state index in [2.05, 4.69) is 10.6 Å². The Morgan fingerprint density at radius 2 is 2.04 bits per heavy atom. The van der Waals surface area contributed by atoms with Gasteiger partial charge in [0.2, 0.25) is 5.91 Å². The monoisotopic (exact) mass is 328 g/mol. The van der Waals surface area contributed by atoms with Gasteiger partial charge in [0.25, 0.3) is 0 Å². The fourth-order valence-electron chi connectivity index (χ4n) is 2.98. The lowest BCUT2D eigenvalue weighted by atomic mass is 9.64. The summed E-state index contributed by atoms with van der Waals surface area (Å²) in [4.78, 5) is 11.8. The van der Waals surface area contributed by atoms with Gasteiger partial charge >= 0.3 is 6.18 Å². The van der Waals surface area contributed by atoms with Crippen LogP contribution in [0.15, 0.2) is 24.3 Å². The van der Waals surface area contributed by atoms with Gasteiger partial charge in [-0.3, -0.25) is 4.79 Å². The molecule has 1 aromatic rings. The van der Waals surface area contributed by atoms with Crippen molar-refractivity contribution in [2.24, 2.45) is 0 Å². The van der Waals surface area contributed by atoms with Gasteiger partial charge in [-0.15, -0.1) is 0 Å². The van der Waals surface area contributed by atoms with Crippen molar-refractivity contribution in [2.75, 3.05) is 20.1 Å². The molecule has 0 atom stereocenters. The molecule has 2 rings (SSSR count). The molecule has 0 heterocycles. The first-order valence-electron chi connectivity index (χ1n) is 7.96. The van der Waals surface area contributed by atoms with Crippen LogP contribution in [0.1, 0.15) is 43.2 Å². The van der Waals surface area contributed by atoms with Crippen molar-refractivity contribution in [3.63, 3.8) is 0 Å². The lowest BCUT2D eigenvalue weighted by molar-refractivity contribution is -0.137. The van der Waals surface area contributed by atoms with Crippen LogP contribution in [0.25, 0.3) is 0 Å². The van der Waals surface area contributed by atoms with Crippen molar-refractivity contribution in [2.45, 2.75) is 43.7 Å². The highest BCUT2D eigenvalue weighted by molar-refractivity contribution is 5.76. The number of amides is 1. The Balaban J connectivity index is 2.02. The molecule has 1 aliphatic rings. The summed E-state index contributed by atoms with van der Waals surface area (Å²) < 4.78 is 38.7. The first-order chi connectivity index (χ1) is 10.9. The van der Waals surface area contributed by atoms with Crippen LogP contribution < -0.4 is 10.6 Å². The average Bonchev–Trinajstić information content (AvgIpc) is 2.46. The number of rotatable bonds is 7. The Kier molecular flexibility index (Phi) is 5.68. The van der Waals surface area contributed by atoms with Gasteiger partial charge in [-0.2, -0.15) is 13.2 Å². The van der Waals surface area contributed by atoms with Crippen LogP contribution in [-0.4, -0.2) is 26.0 Å². The maximum atomic E-state index is 12.9. The summed E-state index contributed by atoms with van der Waals surface area (Å²) in [6.45, 7) is 1.18. The summed E-state index contributed by atoms with van der Waals surface area (Å²) in [5, 5.41) is 5.87. The van der Waals surface area contributed by atoms with E-state index in [1.807, 2.05) is 7.05 Å². The van der Waals surface area contributed by atoms with E-state index in [0.717, 1.165) is 38.3 Å². The smallest absolute Gasteiger partial charge is 0.355 e. The molecule has 1 aromatic carbocycles. The second kappa shape index (κ2) is 7.34. The quantitative estimate of drug-likeness (QED) is 0.755. The van der Waals surface area contributed by atoms with E-state index in [0.29, 0.717) is 18.5 Å². The standard InChI is InChI=1S/C17H23F3N2O/c1-21-10-3-7-15(23)22-12-16(8-4-9-16)13-5-2-6-14(11-13)17(18,19)20/h2,5-6,11,21H,3-4,7-10,12H2,1H3,(H,22,23). The molecule has 0 aromatic heterocycles. The zero-order chi connectivity index (χ0) is 16.9. The largest absolute Gasteiger partial charge is 0.416 e. The van der Waals surface area contributed by atoms with E-state index >= 15 is 0 Å². The van der Waals surface area contributed by atoms with Gasteiger partial charge in [0.1, 0.15) is 0 Å². The third kappa shape index (κ3) is 4.47. The SMILES string of the molecule is CNCCCC(=O)NCC1(c2cccc(C(F)(F)F)c2)CCC1. The Bertz CT molecular complexity index is 539. The number of carbonyl (C=O) groups is 1. The summed E-state index contributed by atoms with van der Waals surface area (Å²) in [5.41, 5.74) is -0.296. The second-order valence-corrected chi connectivity index (χ2v) is 6.20. The minimum absolute atomic E-state index is 0.0431. The predicted molar refractivity (Wildman–Crippen MR) is 83.1 cm³/mol. The lowest BCUT2D eigenvalue weighted by Gasteiger charge is -2.43. The van der Waals surface area contributed by atoms with Crippen molar-refractivity contribution in [1.29, 1.82) is 0 Å².